The van der Waals surface area contributed by atoms with Crippen molar-refractivity contribution in [2.75, 3.05) is 12.0 Å². The lowest BCUT2D eigenvalue weighted by molar-refractivity contribution is -0.133. The van der Waals surface area contributed by atoms with E-state index in [1.807, 2.05) is 0 Å². The Morgan fingerprint density at radius 2 is 1.86 bits per heavy atom. The van der Waals surface area contributed by atoms with E-state index < -0.39 is 12.6 Å². The van der Waals surface area contributed by atoms with Gasteiger partial charge >= 0.3 is 6.18 Å². The van der Waals surface area contributed by atoms with Gasteiger partial charge in [-0.25, -0.2) is 5.43 Å². The van der Waals surface area contributed by atoms with Gasteiger partial charge < -0.3 is 5.43 Å². The molecule has 0 saturated heterocycles. The predicted molar refractivity (Wildman–Crippen MR) is 46.5 cm³/mol. The third kappa shape index (κ3) is 4.66. The lowest BCUT2D eigenvalue weighted by Crippen LogP contribution is -2.26. The molecule has 0 bridgehead atoms. The van der Waals surface area contributed by atoms with Crippen LogP contribution in [0.4, 0.5) is 18.9 Å². The van der Waals surface area contributed by atoms with Crippen molar-refractivity contribution in [2.45, 2.75) is 12.6 Å². The van der Waals surface area contributed by atoms with Crippen LogP contribution in [-0.4, -0.2) is 17.7 Å². The van der Waals surface area contributed by atoms with E-state index in [1.165, 1.54) is 0 Å². The number of halogens is 3. The van der Waals surface area contributed by atoms with Gasteiger partial charge in [0.1, 0.15) is 0 Å². The van der Waals surface area contributed by atoms with E-state index in [0.29, 0.717) is 5.69 Å². The summed E-state index contributed by atoms with van der Waals surface area (Å²) in [7, 11) is 0. The molecular formula is C8H10F3N3. The van der Waals surface area contributed by atoms with Crippen LogP contribution < -0.4 is 10.9 Å². The van der Waals surface area contributed by atoms with Crippen molar-refractivity contribution in [1.82, 2.24) is 10.4 Å². The molecule has 0 atom stereocenters. The first-order valence-electron chi connectivity index (χ1n) is 4.03. The van der Waals surface area contributed by atoms with Crippen molar-refractivity contribution in [2.24, 2.45) is 0 Å². The molecule has 0 saturated carbocycles. The minimum atomic E-state index is -4.12. The number of alkyl halides is 3. The van der Waals surface area contributed by atoms with Gasteiger partial charge in [-0.2, -0.15) is 13.2 Å². The lowest BCUT2D eigenvalue weighted by atomic mass is 10.4. The molecule has 0 aliphatic carbocycles. The van der Waals surface area contributed by atoms with Gasteiger partial charge in [0.2, 0.25) is 0 Å². The number of anilines is 1. The first-order valence-corrected chi connectivity index (χ1v) is 4.03. The van der Waals surface area contributed by atoms with E-state index in [1.54, 1.807) is 24.5 Å². The monoisotopic (exact) mass is 205 g/mol. The van der Waals surface area contributed by atoms with Crippen LogP contribution in [0.5, 0.6) is 0 Å². The van der Waals surface area contributed by atoms with Gasteiger partial charge in [-0.05, 0) is 12.1 Å². The molecule has 3 nitrogen and oxygen atoms in total. The van der Waals surface area contributed by atoms with Crippen LogP contribution in [0.3, 0.4) is 0 Å². The summed E-state index contributed by atoms with van der Waals surface area (Å²) in [6.45, 7) is -0.161. The van der Waals surface area contributed by atoms with Crippen LogP contribution in [0.25, 0.3) is 0 Å². The normalized spacial score (nSPS) is 11.4. The fourth-order valence-electron chi connectivity index (χ4n) is 0.804. The molecule has 0 aliphatic rings. The van der Waals surface area contributed by atoms with Crippen molar-refractivity contribution in [3.05, 3.63) is 24.5 Å². The van der Waals surface area contributed by atoms with Crippen LogP contribution >= 0.6 is 0 Å². The maximum Gasteiger partial charge on any atom is 0.390 e. The molecule has 1 aromatic heterocycles. The van der Waals surface area contributed by atoms with Gasteiger partial charge in [-0.1, -0.05) is 0 Å². The quantitative estimate of drug-likeness (QED) is 0.582. The summed E-state index contributed by atoms with van der Waals surface area (Å²) < 4.78 is 35.1. The molecule has 14 heavy (non-hydrogen) atoms. The van der Waals surface area contributed by atoms with Crippen molar-refractivity contribution in [1.29, 1.82) is 0 Å². The van der Waals surface area contributed by atoms with Gasteiger partial charge in [0.25, 0.3) is 0 Å². The summed E-state index contributed by atoms with van der Waals surface area (Å²) in [4.78, 5) is 3.77. The van der Waals surface area contributed by atoms with E-state index in [9.17, 15) is 13.2 Å². The SMILES string of the molecule is FC(F)(F)CCNNc1ccncc1. The number of hydrogen-bond acceptors (Lipinski definition) is 3. The van der Waals surface area contributed by atoms with Crippen molar-refractivity contribution in [3.8, 4) is 0 Å². The van der Waals surface area contributed by atoms with Crippen molar-refractivity contribution < 1.29 is 13.2 Å². The summed E-state index contributed by atoms with van der Waals surface area (Å²) in [6, 6.07) is 3.31. The zero-order valence-electron chi connectivity index (χ0n) is 7.30. The predicted octanol–water partition coefficient (Wildman–Crippen LogP) is 1.95. The minimum absolute atomic E-state index is 0.161. The Morgan fingerprint density at radius 3 is 2.43 bits per heavy atom. The van der Waals surface area contributed by atoms with Gasteiger partial charge in [0.05, 0.1) is 12.1 Å². The van der Waals surface area contributed by atoms with Gasteiger partial charge in [-0.15, -0.1) is 0 Å². The van der Waals surface area contributed by atoms with Crippen molar-refractivity contribution >= 4 is 5.69 Å². The average Bonchev–Trinajstić information content (AvgIpc) is 2.13. The van der Waals surface area contributed by atoms with Crippen LogP contribution in [0.1, 0.15) is 6.42 Å². The Balaban J connectivity index is 2.17. The number of hydrogen-bond donors (Lipinski definition) is 2. The number of nitrogens with one attached hydrogen (secondary N) is 2. The molecule has 0 spiro atoms. The molecule has 0 radical (unpaired) electrons. The Morgan fingerprint density at radius 1 is 1.21 bits per heavy atom. The maximum absolute atomic E-state index is 11.7. The highest BCUT2D eigenvalue weighted by Gasteiger charge is 2.25. The van der Waals surface area contributed by atoms with Crippen LogP contribution in [0, 0.1) is 0 Å². The lowest BCUT2D eigenvalue weighted by Gasteiger charge is -2.09. The fraction of sp³-hybridized carbons (Fsp3) is 0.375. The summed E-state index contributed by atoms with van der Waals surface area (Å²) in [5, 5.41) is 0. The third-order valence-electron chi connectivity index (χ3n) is 1.45. The van der Waals surface area contributed by atoms with Crippen molar-refractivity contribution in [3.63, 3.8) is 0 Å². The van der Waals surface area contributed by atoms with E-state index in [-0.39, 0.29) is 6.54 Å². The molecule has 1 rings (SSSR count). The topological polar surface area (TPSA) is 37.0 Å². The molecule has 78 valence electrons. The van der Waals surface area contributed by atoms with E-state index in [2.05, 4.69) is 15.8 Å². The fourth-order valence-corrected chi connectivity index (χ4v) is 0.804. The van der Waals surface area contributed by atoms with Gasteiger partial charge in [0, 0.05) is 18.9 Å². The van der Waals surface area contributed by atoms with E-state index >= 15 is 0 Å². The molecule has 0 unspecified atom stereocenters. The molecule has 2 N–H and O–H groups in total. The zero-order valence-corrected chi connectivity index (χ0v) is 7.30. The number of nitrogens with zero attached hydrogens (tertiary/aromatic N) is 1. The van der Waals surface area contributed by atoms with E-state index in [4.69, 9.17) is 0 Å². The molecule has 1 heterocycles. The number of hydrazine groups is 1. The second kappa shape index (κ2) is 4.80. The van der Waals surface area contributed by atoms with Crippen LogP contribution in [0.2, 0.25) is 0 Å². The number of aromatic nitrogens is 1. The second-order valence-electron chi connectivity index (χ2n) is 2.65. The average molecular weight is 205 g/mol. The summed E-state index contributed by atoms with van der Waals surface area (Å²) in [5.74, 6) is 0. The van der Waals surface area contributed by atoms with Crippen LogP contribution in [0.15, 0.2) is 24.5 Å². The Hall–Kier alpha value is -1.30. The first kappa shape index (κ1) is 10.8. The molecule has 0 aromatic carbocycles. The Bertz CT molecular complexity index is 260. The number of pyridine rings is 1. The van der Waals surface area contributed by atoms with Crippen LogP contribution in [-0.2, 0) is 0 Å². The molecule has 0 aliphatic heterocycles. The standard InChI is InChI=1S/C8H10F3N3/c9-8(10,11)3-6-13-14-7-1-4-12-5-2-7/h1-2,4-5,13H,3,6H2,(H,12,14). The second-order valence-corrected chi connectivity index (χ2v) is 2.65. The molecule has 6 heteroatoms. The molecule has 0 fully saturated rings. The summed E-state index contributed by atoms with van der Waals surface area (Å²) in [6.07, 6.45) is -1.88. The highest BCUT2D eigenvalue weighted by molar-refractivity contribution is 5.39. The Kier molecular flexibility index (Phi) is 3.70. The molecular weight excluding hydrogens is 195 g/mol. The smallest absolute Gasteiger partial charge is 0.321 e. The Labute approximate surface area is 79.3 Å². The van der Waals surface area contributed by atoms with Gasteiger partial charge in [0.15, 0.2) is 0 Å². The van der Waals surface area contributed by atoms with Gasteiger partial charge in [-0.3, -0.25) is 4.98 Å². The van der Waals surface area contributed by atoms with E-state index in [0.717, 1.165) is 0 Å². The molecule has 0 amide bonds. The highest BCUT2D eigenvalue weighted by Crippen LogP contribution is 2.18. The highest BCUT2D eigenvalue weighted by atomic mass is 19.4. The summed E-state index contributed by atoms with van der Waals surface area (Å²) >= 11 is 0. The summed E-state index contributed by atoms with van der Waals surface area (Å²) in [5.41, 5.74) is 5.77. The minimum Gasteiger partial charge on any atom is -0.321 e. The number of rotatable bonds is 4. The largest absolute Gasteiger partial charge is 0.390 e. The first-order chi connectivity index (χ1) is 6.58. The maximum atomic E-state index is 11.7. The molecule has 1 aromatic rings. The zero-order chi connectivity index (χ0) is 10.4. The third-order valence-corrected chi connectivity index (χ3v) is 1.45.